The van der Waals surface area contributed by atoms with Crippen molar-refractivity contribution in [3.05, 3.63) is 18.2 Å². The Kier molecular flexibility index (Phi) is 4.28. The Labute approximate surface area is 108 Å². The van der Waals surface area contributed by atoms with E-state index >= 15 is 0 Å². The van der Waals surface area contributed by atoms with Crippen LogP contribution in [0.25, 0.3) is 0 Å². The standard InChI is InChI=1S/C13H22N4O/c1-16-4-6-17(7-5-16)8-9-18-13-10-11(14)2-3-12(13)15/h2-3,10H,4-9,14-15H2,1H3. The monoisotopic (exact) mass is 250 g/mol. The summed E-state index contributed by atoms with van der Waals surface area (Å²) in [6.07, 6.45) is 0. The molecule has 1 aromatic carbocycles. The number of benzene rings is 1. The van der Waals surface area contributed by atoms with Crippen molar-refractivity contribution in [3.63, 3.8) is 0 Å². The van der Waals surface area contributed by atoms with Gasteiger partial charge in [-0.15, -0.1) is 0 Å². The lowest BCUT2D eigenvalue weighted by molar-refractivity contribution is 0.134. The predicted octanol–water partition coefficient (Wildman–Crippen LogP) is 0.477. The summed E-state index contributed by atoms with van der Waals surface area (Å²) in [5, 5.41) is 0. The van der Waals surface area contributed by atoms with Crippen LogP contribution in [0.1, 0.15) is 0 Å². The molecule has 1 aliphatic rings. The van der Waals surface area contributed by atoms with Gasteiger partial charge in [0.2, 0.25) is 0 Å². The maximum atomic E-state index is 5.83. The van der Waals surface area contributed by atoms with Crippen molar-refractivity contribution in [2.45, 2.75) is 0 Å². The van der Waals surface area contributed by atoms with E-state index < -0.39 is 0 Å². The van der Waals surface area contributed by atoms with Crippen LogP contribution in [-0.4, -0.2) is 56.2 Å². The van der Waals surface area contributed by atoms with Crippen LogP contribution < -0.4 is 16.2 Å². The van der Waals surface area contributed by atoms with Crippen molar-refractivity contribution >= 4 is 11.4 Å². The number of hydrogen-bond donors (Lipinski definition) is 2. The molecule has 1 aliphatic heterocycles. The number of hydrogen-bond acceptors (Lipinski definition) is 5. The van der Waals surface area contributed by atoms with Gasteiger partial charge in [-0.1, -0.05) is 0 Å². The van der Waals surface area contributed by atoms with Gasteiger partial charge in [-0.3, -0.25) is 4.90 Å². The summed E-state index contributed by atoms with van der Waals surface area (Å²) >= 11 is 0. The predicted molar refractivity (Wildman–Crippen MR) is 74.7 cm³/mol. The molecule has 0 unspecified atom stereocenters. The van der Waals surface area contributed by atoms with Gasteiger partial charge in [0, 0.05) is 44.5 Å². The van der Waals surface area contributed by atoms with Crippen LogP contribution in [-0.2, 0) is 0 Å². The van der Waals surface area contributed by atoms with Crippen LogP contribution in [0.4, 0.5) is 11.4 Å². The molecule has 0 aromatic heterocycles. The number of nitrogens with two attached hydrogens (primary N) is 2. The summed E-state index contributed by atoms with van der Waals surface area (Å²) in [6.45, 7) is 6.04. The summed E-state index contributed by atoms with van der Waals surface area (Å²) in [5.41, 5.74) is 12.9. The van der Waals surface area contributed by atoms with E-state index in [0.717, 1.165) is 32.7 Å². The van der Waals surface area contributed by atoms with Gasteiger partial charge in [0.25, 0.3) is 0 Å². The minimum absolute atomic E-state index is 0.641. The molecule has 0 amide bonds. The van der Waals surface area contributed by atoms with Gasteiger partial charge >= 0.3 is 0 Å². The van der Waals surface area contributed by atoms with Gasteiger partial charge in [0.05, 0.1) is 5.69 Å². The van der Waals surface area contributed by atoms with Crippen molar-refractivity contribution in [1.82, 2.24) is 9.80 Å². The Morgan fingerprint density at radius 2 is 1.89 bits per heavy atom. The number of rotatable bonds is 4. The Hall–Kier alpha value is -1.46. The molecule has 18 heavy (non-hydrogen) atoms. The molecule has 1 heterocycles. The second-order valence-corrected chi connectivity index (χ2v) is 4.79. The molecule has 5 nitrogen and oxygen atoms in total. The molecule has 1 fully saturated rings. The van der Waals surface area contributed by atoms with Gasteiger partial charge < -0.3 is 21.1 Å². The molecule has 0 radical (unpaired) electrons. The van der Waals surface area contributed by atoms with Crippen LogP contribution in [0.5, 0.6) is 5.75 Å². The molecule has 2 rings (SSSR count). The molecule has 0 bridgehead atoms. The molecule has 1 aromatic rings. The van der Waals surface area contributed by atoms with Gasteiger partial charge in [0.15, 0.2) is 0 Å². The first-order chi connectivity index (χ1) is 8.65. The van der Waals surface area contributed by atoms with Crippen LogP contribution in [0.15, 0.2) is 18.2 Å². The highest BCUT2D eigenvalue weighted by molar-refractivity contribution is 5.59. The smallest absolute Gasteiger partial charge is 0.144 e. The van der Waals surface area contributed by atoms with Gasteiger partial charge in [-0.25, -0.2) is 0 Å². The molecular weight excluding hydrogens is 228 g/mol. The van der Waals surface area contributed by atoms with Crippen LogP contribution in [0.2, 0.25) is 0 Å². The number of nitrogen functional groups attached to an aromatic ring is 2. The number of piperazine rings is 1. The molecule has 1 saturated heterocycles. The number of ether oxygens (including phenoxy) is 1. The fourth-order valence-electron chi connectivity index (χ4n) is 2.03. The fourth-order valence-corrected chi connectivity index (χ4v) is 2.03. The van der Waals surface area contributed by atoms with E-state index in [-0.39, 0.29) is 0 Å². The first-order valence-electron chi connectivity index (χ1n) is 6.34. The van der Waals surface area contributed by atoms with Crippen molar-refractivity contribution in [1.29, 1.82) is 0 Å². The fraction of sp³-hybridized carbons (Fsp3) is 0.538. The first-order valence-corrected chi connectivity index (χ1v) is 6.34. The Balaban J connectivity index is 1.76. The van der Waals surface area contributed by atoms with E-state index in [2.05, 4.69) is 16.8 Å². The van der Waals surface area contributed by atoms with Gasteiger partial charge in [-0.05, 0) is 19.2 Å². The van der Waals surface area contributed by atoms with Crippen molar-refractivity contribution < 1.29 is 4.74 Å². The van der Waals surface area contributed by atoms with E-state index in [1.807, 2.05) is 0 Å². The molecule has 100 valence electrons. The Morgan fingerprint density at radius 1 is 1.17 bits per heavy atom. The summed E-state index contributed by atoms with van der Waals surface area (Å²) in [7, 11) is 2.15. The SMILES string of the molecule is CN1CCN(CCOc2cc(N)ccc2N)CC1. The topological polar surface area (TPSA) is 67.8 Å². The second-order valence-electron chi connectivity index (χ2n) is 4.79. The van der Waals surface area contributed by atoms with Crippen molar-refractivity contribution in [2.24, 2.45) is 0 Å². The quantitative estimate of drug-likeness (QED) is 0.761. The molecule has 5 heteroatoms. The third-order valence-corrected chi connectivity index (χ3v) is 3.30. The molecule has 0 aliphatic carbocycles. The summed E-state index contributed by atoms with van der Waals surface area (Å²) in [6, 6.07) is 5.34. The van der Waals surface area contributed by atoms with E-state index in [1.165, 1.54) is 0 Å². The van der Waals surface area contributed by atoms with E-state index in [9.17, 15) is 0 Å². The largest absolute Gasteiger partial charge is 0.490 e. The lowest BCUT2D eigenvalue weighted by Crippen LogP contribution is -2.45. The average Bonchev–Trinajstić information content (AvgIpc) is 2.36. The first kappa shape index (κ1) is 13.0. The van der Waals surface area contributed by atoms with Crippen molar-refractivity contribution in [3.8, 4) is 5.75 Å². The second kappa shape index (κ2) is 5.93. The number of likely N-dealkylation sites (N-methyl/N-ethyl adjacent to an activating group) is 1. The maximum absolute atomic E-state index is 5.83. The zero-order chi connectivity index (χ0) is 13.0. The summed E-state index contributed by atoms with van der Waals surface area (Å²) < 4.78 is 5.69. The van der Waals surface area contributed by atoms with Crippen LogP contribution in [0.3, 0.4) is 0 Å². The highest BCUT2D eigenvalue weighted by Crippen LogP contribution is 2.23. The van der Waals surface area contributed by atoms with E-state index in [4.69, 9.17) is 16.2 Å². The molecular formula is C13H22N4O. The normalized spacial score (nSPS) is 17.8. The van der Waals surface area contributed by atoms with E-state index in [1.54, 1.807) is 18.2 Å². The molecule has 0 spiro atoms. The van der Waals surface area contributed by atoms with Gasteiger partial charge in [-0.2, -0.15) is 0 Å². The lowest BCUT2D eigenvalue weighted by atomic mass is 10.2. The highest BCUT2D eigenvalue weighted by atomic mass is 16.5. The third-order valence-electron chi connectivity index (χ3n) is 3.30. The van der Waals surface area contributed by atoms with Crippen LogP contribution in [0, 0.1) is 0 Å². The molecule has 0 atom stereocenters. The van der Waals surface area contributed by atoms with Crippen LogP contribution >= 0.6 is 0 Å². The zero-order valence-electron chi connectivity index (χ0n) is 10.9. The van der Waals surface area contributed by atoms with E-state index in [0.29, 0.717) is 23.7 Å². The Morgan fingerprint density at radius 3 is 2.61 bits per heavy atom. The minimum atomic E-state index is 0.641. The number of nitrogens with zero attached hydrogens (tertiary/aromatic N) is 2. The highest BCUT2D eigenvalue weighted by Gasteiger charge is 2.13. The average molecular weight is 250 g/mol. The summed E-state index contributed by atoms with van der Waals surface area (Å²) in [5.74, 6) is 0.684. The number of anilines is 2. The Bertz CT molecular complexity index is 389. The maximum Gasteiger partial charge on any atom is 0.144 e. The summed E-state index contributed by atoms with van der Waals surface area (Å²) in [4.78, 5) is 4.75. The van der Waals surface area contributed by atoms with Crippen molar-refractivity contribution in [2.75, 3.05) is 57.8 Å². The van der Waals surface area contributed by atoms with Gasteiger partial charge in [0.1, 0.15) is 12.4 Å². The molecule has 4 N–H and O–H groups in total. The zero-order valence-corrected chi connectivity index (χ0v) is 10.9. The lowest BCUT2D eigenvalue weighted by Gasteiger charge is -2.32. The minimum Gasteiger partial charge on any atom is -0.490 e. The third kappa shape index (κ3) is 3.51. The molecule has 0 saturated carbocycles.